The van der Waals surface area contributed by atoms with Gasteiger partial charge >= 0.3 is 0 Å². The summed E-state index contributed by atoms with van der Waals surface area (Å²) in [5, 5.41) is 9.87. The Morgan fingerprint density at radius 2 is 2.00 bits per heavy atom. The van der Waals surface area contributed by atoms with Gasteiger partial charge in [-0.05, 0) is 12.8 Å². The number of nitrogens with zero attached hydrogens (tertiary/aromatic N) is 1. The molecule has 0 N–H and O–H groups in total. The van der Waals surface area contributed by atoms with E-state index in [1.54, 1.807) is 0 Å². The molecule has 0 aromatic carbocycles. The minimum atomic E-state index is -0.437. The van der Waals surface area contributed by atoms with Gasteiger partial charge in [-0.3, -0.25) is 4.79 Å². The molecular weight excluding hydrogens is 94.0 g/mol. The van der Waals surface area contributed by atoms with Crippen molar-refractivity contribution in [3.63, 3.8) is 0 Å². The first kappa shape index (κ1) is 6.14. The van der Waals surface area contributed by atoms with Gasteiger partial charge in [0, 0.05) is 6.92 Å². The van der Waals surface area contributed by atoms with Crippen molar-refractivity contribution in [3.05, 3.63) is 0 Å². The number of hydrogen-bond donors (Lipinski definition) is 0. The van der Waals surface area contributed by atoms with E-state index in [-0.39, 0.29) is 0 Å². The van der Waals surface area contributed by atoms with Crippen molar-refractivity contribution >= 4 is 11.8 Å². The molecule has 40 valence electrons. The smallest absolute Gasteiger partial charge is 0.241 e. The summed E-state index contributed by atoms with van der Waals surface area (Å²) in [4.78, 5) is 12.9. The Kier molecular flexibility index (Phi) is 2.05. The number of rotatable bonds is 0. The van der Waals surface area contributed by atoms with E-state index >= 15 is 0 Å². The lowest BCUT2D eigenvalue weighted by molar-refractivity contribution is -0.215. The van der Waals surface area contributed by atoms with E-state index < -0.39 is 11.8 Å². The van der Waals surface area contributed by atoms with Crippen LogP contribution in [0.4, 0.5) is 0 Å². The van der Waals surface area contributed by atoms with Crippen LogP contribution in [-0.2, 0) is 4.79 Å². The van der Waals surface area contributed by atoms with E-state index in [1.807, 2.05) is 0 Å². The molecule has 0 fully saturated rings. The van der Waals surface area contributed by atoms with E-state index in [9.17, 15) is 9.90 Å². The molecule has 0 spiro atoms. The van der Waals surface area contributed by atoms with E-state index in [2.05, 4.69) is 4.99 Å². The van der Waals surface area contributed by atoms with Gasteiger partial charge in [0.1, 0.15) is 0 Å². The predicted molar refractivity (Wildman–Crippen MR) is 23.8 cm³/mol. The van der Waals surface area contributed by atoms with Crippen molar-refractivity contribution < 1.29 is 9.90 Å². The average molecular weight is 100 g/mol. The van der Waals surface area contributed by atoms with Crippen molar-refractivity contribution in [1.29, 1.82) is 0 Å². The minimum absolute atomic E-state index is 0.437. The first-order valence-electron chi connectivity index (χ1n) is 1.86. The average Bonchev–Trinajstić information content (AvgIpc) is 1.27. The quantitative estimate of drug-likeness (QED) is 0.299. The summed E-state index contributed by atoms with van der Waals surface area (Å²) in [6.07, 6.45) is 0. The summed E-state index contributed by atoms with van der Waals surface area (Å²) in [5.41, 5.74) is 0. The van der Waals surface area contributed by atoms with Gasteiger partial charge in [0.15, 0.2) is 0 Å². The molecule has 0 aliphatic heterocycles. The summed E-state index contributed by atoms with van der Waals surface area (Å²) in [6.45, 7) is 2.47. The second kappa shape index (κ2) is 2.34. The maximum atomic E-state index is 9.87. The summed E-state index contributed by atoms with van der Waals surface area (Å²) in [6, 6.07) is 0. The van der Waals surface area contributed by atoms with E-state index in [4.69, 9.17) is 0 Å². The maximum absolute atomic E-state index is 9.87. The zero-order valence-electron chi connectivity index (χ0n) is 4.26. The van der Waals surface area contributed by atoms with Gasteiger partial charge in [-0.1, -0.05) is 0 Å². The molecule has 0 aromatic heterocycles. The Balaban J connectivity index is 3.68. The van der Waals surface area contributed by atoms with Crippen LogP contribution in [0.5, 0.6) is 0 Å². The number of carbonyl (C=O) groups excluding carboxylic acids is 1. The van der Waals surface area contributed by atoms with Crippen LogP contribution in [0.15, 0.2) is 4.99 Å². The van der Waals surface area contributed by atoms with Crippen LogP contribution in [0.2, 0.25) is 0 Å². The molecule has 0 saturated heterocycles. The Hall–Kier alpha value is -0.860. The minimum Gasteiger partial charge on any atom is -0.862 e. The first-order chi connectivity index (χ1) is 3.13. The number of carbonyl (C=O) groups is 1. The molecule has 0 radical (unpaired) electrons. The van der Waals surface area contributed by atoms with Crippen molar-refractivity contribution in [1.82, 2.24) is 0 Å². The molecular formula is C4H6NO2-. The summed E-state index contributed by atoms with van der Waals surface area (Å²) in [7, 11) is 0. The van der Waals surface area contributed by atoms with Crippen LogP contribution in [0.3, 0.4) is 0 Å². The highest BCUT2D eigenvalue weighted by molar-refractivity contribution is 5.86. The molecule has 0 heterocycles. The van der Waals surface area contributed by atoms with Gasteiger partial charge < -0.3 is 5.11 Å². The highest BCUT2D eigenvalue weighted by Gasteiger charge is 1.77. The Bertz CT molecular complexity index is 102. The third-order valence-electron chi connectivity index (χ3n) is 0.315. The number of amides is 1. The fourth-order valence-electron chi connectivity index (χ4n) is 0.222. The number of aliphatic imine (C=N–C) groups is 1. The Morgan fingerprint density at radius 1 is 1.57 bits per heavy atom. The molecule has 0 aliphatic carbocycles. The lowest BCUT2D eigenvalue weighted by Gasteiger charge is -1.96. The van der Waals surface area contributed by atoms with Crippen molar-refractivity contribution in [3.8, 4) is 0 Å². The van der Waals surface area contributed by atoms with E-state index in [0.29, 0.717) is 0 Å². The van der Waals surface area contributed by atoms with Crippen molar-refractivity contribution in [2.75, 3.05) is 0 Å². The predicted octanol–water partition coefficient (Wildman–Crippen LogP) is -0.688. The van der Waals surface area contributed by atoms with Crippen molar-refractivity contribution in [2.45, 2.75) is 13.8 Å². The van der Waals surface area contributed by atoms with Gasteiger partial charge in [0.2, 0.25) is 5.91 Å². The summed E-state index contributed by atoms with van der Waals surface area (Å²) < 4.78 is 0. The van der Waals surface area contributed by atoms with Crippen LogP contribution in [0, 0.1) is 0 Å². The van der Waals surface area contributed by atoms with Gasteiger partial charge in [-0.15, -0.1) is 0 Å². The summed E-state index contributed by atoms with van der Waals surface area (Å²) in [5.74, 6) is -0.875. The molecule has 1 amide bonds. The highest BCUT2D eigenvalue weighted by Crippen LogP contribution is 1.68. The highest BCUT2D eigenvalue weighted by atomic mass is 16.3. The van der Waals surface area contributed by atoms with Crippen LogP contribution in [0.25, 0.3) is 0 Å². The molecule has 0 saturated carbocycles. The topological polar surface area (TPSA) is 52.5 Å². The lowest BCUT2D eigenvalue weighted by Crippen LogP contribution is -2.13. The fraction of sp³-hybridized carbons (Fsp3) is 0.500. The molecule has 0 aliphatic rings. The fourth-order valence-corrected chi connectivity index (χ4v) is 0.222. The second-order valence-electron chi connectivity index (χ2n) is 1.15. The first-order valence-corrected chi connectivity index (χ1v) is 1.86. The monoisotopic (exact) mass is 100 g/mol. The van der Waals surface area contributed by atoms with Crippen LogP contribution >= 0.6 is 0 Å². The zero-order valence-corrected chi connectivity index (χ0v) is 4.26. The third-order valence-corrected chi connectivity index (χ3v) is 0.315. The zero-order chi connectivity index (χ0) is 5.86. The number of hydrogen-bond acceptors (Lipinski definition) is 2. The van der Waals surface area contributed by atoms with Gasteiger partial charge in [0.25, 0.3) is 0 Å². The normalized spacial score (nSPS) is 11.4. The third kappa shape index (κ3) is 5.14. The van der Waals surface area contributed by atoms with Crippen molar-refractivity contribution in [2.24, 2.45) is 4.99 Å². The molecule has 7 heavy (non-hydrogen) atoms. The van der Waals surface area contributed by atoms with Gasteiger partial charge in [-0.2, -0.15) is 0 Å². The summed E-state index contributed by atoms with van der Waals surface area (Å²) >= 11 is 0. The Labute approximate surface area is 41.7 Å². The van der Waals surface area contributed by atoms with E-state index in [1.165, 1.54) is 13.8 Å². The molecule has 3 heteroatoms. The molecule has 3 nitrogen and oxygen atoms in total. The van der Waals surface area contributed by atoms with Gasteiger partial charge in [0.05, 0.1) is 0 Å². The second-order valence-corrected chi connectivity index (χ2v) is 1.15. The van der Waals surface area contributed by atoms with E-state index in [0.717, 1.165) is 0 Å². The lowest BCUT2D eigenvalue weighted by atomic mass is 10.7. The SMILES string of the molecule is CC(=O)N=C(C)[O-]. The van der Waals surface area contributed by atoms with Gasteiger partial charge in [-0.25, -0.2) is 4.99 Å². The van der Waals surface area contributed by atoms with Crippen LogP contribution in [-0.4, -0.2) is 11.8 Å². The van der Waals surface area contributed by atoms with Crippen LogP contribution < -0.4 is 5.11 Å². The largest absolute Gasteiger partial charge is 0.862 e. The van der Waals surface area contributed by atoms with Crippen LogP contribution in [0.1, 0.15) is 13.8 Å². The molecule has 0 atom stereocenters. The molecule has 0 bridgehead atoms. The Morgan fingerprint density at radius 3 is 2.00 bits per heavy atom. The molecule has 0 rings (SSSR count). The maximum Gasteiger partial charge on any atom is 0.241 e. The standard InChI is InChI=1S/C4H7NO2/c1-3(6)5-4(2)7/h1-2H3,(H,5,6,7)/p-1. The molecule has 0 unspecified atom stereocenters. The molecule has 0 aromatic rings.